The summed E-state index contributed by atoms with van der Waals surface area (Å²) in [5, 5.41) is 15.1. The van der Waals surface area contributed by atoms with E-state index in [1.807, 2.05) is 32.0 Å². The van der Waals surface area contributed by atoms with Gasteiger partial charge in [0.15, 0.2) is 0 Å². The van der Waals surface area contributed by atoms with Crippen molar-refractivity contribution < 1.29 is 9.94 Å². The van der Waals surface area contributed by atoms with Crippen molar-refractivity contribution in [2.75, 3.05) is 19.0 Å². The second kappa shape index (κ2) is 6.65. The van der Waals surface area contributed by atoms with Gasteiger partial charge < -0.3 is 21.0 Å². The number of anilines is 1. The minimum absolute atomic E-state index is 0.237. The number of hydrogen-bond donors (Lipinski definition) is 3. The zero-order valence-corrected chi connectivity index (χ0v) is 13.0. The molecule has 0 aromatic heterocycles. The maximum absolute atomic E-state index is 8.71. The zero-order valence-electron chi connectivity index (χ0n) is 11.4. The topological polar surface area (TPSA) is 79.9 Å². The normalized spacial score (nSPS) is 12.3. The van der Waals surface area contributed by atoms with E-state index in [1.165, 1.54) is 0 Å². The molecule has 106 valence electrons. The molecule has 0 radical (unpaired) electrons. The van der Waals surface area contributed by atoms with Crippen molar-refractivity contribution in [3.63, 3.8) is 0 Å². The summed E-state index contributed by atoms with van der Waals surface area (Å²) in [6.45, 7) is 4.58. The second-order valence-electron chi connectivity index (χ2n) is 4.93. The molecule has 0 fully saturated rings. The third-order valence-electron chi connectivity index (χ3n) is 2.99. The Labute approximate surface area is 122 Å². The van der Waals surface area contributed by atoms with Gasteiger partial charge in [0.25, 0.3) is 0 Å². The van der Waals surface area contributed by atoms with E-state index in [-0.39, 0.29) is 11.3 Å². The number of nitrogens with zero attached hydrogens (tertiary/aromatic N) is 1. The Morgan fingerprint density at radius 1 is 1.47 bits per heavy atom. The lowest BCUT2D eigenvalue weighted by atomic mass is 9.88. The Morgan fingerprint density at radius 3 is 2.74 bits per heavy atom. The van der Waals surface area contributed by atoms with E-state index in [9.17, 15) is 0 Å². The number of rotatable bonds is 6. The van der Waals surface area contributed by atoms with Gasteiger partial charge in [0.05, 0.1) is 7.11 Å². The van der Waals surface area contributed by atoms with E-state index in [0.717, 1.165) is 22.3 Å². The maximum Gasteiger partial charge on any atom is 0.144 e. The van der Waals surface area contributed by atoms with Crippen LogP contribution in [-0.2, 0) is 0 Å². The number of halogens is 1. The van der Waals surface area contributed by atoms with Crippen LogP contribution in [0.1, 0.15) is 20.3 Å². The average Bonchev–Trinajstić information content (AvgIpc) is 2.36. The molecule has 0 spiro atoms. The predicted molar refractivity (Wildman–Crippen MR) is 81.0 cm³/mol. The first-order valence-electron chi connectivity index (χ1n) is 5.95. The van der Waals surface area contributed by atoms with Gasteiger partial charge in [0.1, 0.15) is 11.6 Å². The largest absolute Gasteiger partial charge is 0.497 e. The molecule has 0 saturated carbocycles. The van der Waals surface area contributed by atoms with Crippen molar-refractivity contribution in [2.24, 2.45) is 16.3 Å². The van der Waals surface area contributed by atoms with Crippen LogP contribution in [0.3, 0.4) is 0 Å². The smallest absolute Gasteiger partial charge is 0.144 e. The Kier molecular flexibility index (Phi) is 5.47. The molecule has 0 atom stereocenters. The number of oxime groups is 1. The number of benzene rings is 1. The summed E-state index contributed by atoms with van der Waals surface area (Å²) in [6.07, 6.45) is 0.748. The highest BCUT2D eigenvalue weighted by molar-refractivity contribution is 9.10. The van der Waals surface area contributed by atoms with Crippen LogP contribution in [0.5, 0.6) is 5.75 Å². The summed E-state index contributed by atoms with van der Waals surface area (Å²) < 4.78 is 6.15. The van der Waals surface area contributed by atoms with E-state index < -0.39 is 0 Å². The van der Waals surface area contributed by atoms with Gasteiger partial charge in [-0.25, -0.2) is 0 Å². The number of methoxy groups -OCH3 is 1. The zero-order chi connectivity index (χ0) is 14.5. The van der Waals surface area contributed by atoms with E-state index in [2.05, 4.69) is 26.4 Å². The Bertz CT molecular complexity index is 461. The fourth-order valence-electron chi connectivity index (χ4n) is 1.57. The molecule has 1 rings (SSSR count). The fraction of sp³-hybridized carbons (Fsp3) is 0.462. The lowest BCUT2D eigenvalue weighted by Gasteiger charge is -2.23. The number of ether oxygens (including phenoxy) is 1. The monoisotopic (exact) mass is 329 g/mol. The van der Waals surface area contributed by atoms with Crippen LogP contribution < -0.4 is 15.8 Å². The molecule has 0 unspecified atom stereocenters. The molecule has 0 aliphatic heterocycles. The fourth-order valence-corrected chi connectivity index (χ4v) is 2.04. The van der Waals surface area contributed by atoms with E-state index in [1.54, 1.807) is 7.11 Å². The first kappa shape index (κ1) is 15.6. The van der Waals surface area contributed by atoms with Crippen LogP contribution in [-0.4, -0.2) is 24.7 Å². The van der Waals surface area contributed by atoms with Crippen molar-refractivity contribution in [3.8, 4) is 5.75 Å². The Balaban J connectivity index is 2.61. The summed E-state index contributed by atoms with van der Waals surface area (Å²) in [6, 6.07) is 5.78. The molecule has 0 saturated heterocycles. The van der Waals surface area contributed by atoms with Gasteiger partial charge in [-0.15, -0.1) is 0 Å². The lowest BCUT2D eigenvalue weighted by Crippen LogP contribution is -2.33. The molecule has 0 amide bonds. The van der Waals surface area contributed by atoms with Gasteiger partial charge in [0, 0.05) is 28.2 Å². The number of amidine groups is 1. The van der Waals surface area contributed by atoms with Crippen molar-refractivity contribution in [1.82, 2.24) is 0 Å². The summed E-state index contributed by atoms with van der Waals surface area (Å²) >= 11 is 3.43. The minimum atomic E-state index is -0.349. The lowest BCUT2D eigenvalue weighted by molar-refractivity contribution is 0.306. The van der Waals surface area contributed by atoms with Gasteiger partial charge in [-0.1, -0.05) is 34.9 Å². The van der Waals surface area contributed by atoms with Crippen molar-refractivity contribution in [2.45, 2.75) is 20.3 Å². The Morgan fingerprint density at radius 2 is 2.16 bits per heavy atom. The molecule has 4 N–H and O–H groups in total. The van der Waals surface area contributed by atoms with Gasteiger partial charge in [0.2, 0.25) is 0 Å². The molecule has 6 heteroatoms. The Hall–Kier alpha value is -1.43. The van der Waals surface area contributed by atoms with Crippen molar-refractivity contribution >= 4 is 27.5 Å². The first-order valence-corrected chi connectivity index (χ1v) is 6.75. The van der Waals surface area contributed by atoms with Gasteiger partial charge >= 0.3 is 0 Å². The average molecular weight is 330 g/mol. The number of hydrogen-bond acceptors (Lipinski definition) is 4. The number of nitrogens with one attached hydrogen (secondary N) is 1. The SMILES string of the molecule is COc1cc(Br)cc(NCCC(C)(C)/C(N)=N/O)c1. The molecule has 0 aliphatic carbocycles. The van der Waals surface area contributed by atoms with Gasteiger partial charge in [-0.3, -0.25) is 0 Å². The van der Waals surface area contributed by atoms with E-state index in [4.69, 9.17) is 15.7 Å². The quantitative estimate of drug-likeness (QED) is 0.324. The molecule has 5 nitrogen and oxygen atoms in total. The van der Waals surface area contributed by atoms with Crippen LogP contribution in [0.2, 0.25) is 0 Å². The predicted octanol–water partition coefficient (Wildman–Crippen LogP) is 3.03. The molecule has 0 aliphatic rings. The second-order valence-corrected chi connectivity index (χ2v) is 5.84. The molecular weight excluding hydrogens is 310 g/mol. The van der Waals surface area contributed by atoms with Gasteiger partial charge in [-0.05, 0) is 18.6 Å². The molecular formula is C13H20BrN3O2. The number of nitrogens with two attached hydrogens (primary N) is 1. The van der Waals surface area contributed by atoms with Crippen LogP contribution in [0.4, 0.5) is 5.69 Å². The highest BCUT2D eigenvalue weighted by Gasteiger charge is 2.22. The molecule has 1 aromatic rings. The molecule has 0 bridgehead atoms. The van der Waals surface area contributed by atoms with Crippen molar-refractivity contribution in [3.05, 3.63) is 22.7 Å². The third kappa shape index (κ3) is 4.63. The first-order chi connectivity index (χ1) is 8.89. The maximum atomic E-state index is 8.71. The molecule has 1 aromatic carbocycles. The molecule has 19 heavy (non-hydrogen) atoms. The summed E-state index contributed by atoms with van der Waals surface area (Å²) in [7, 11) is 1.63. The summed E-state index contributed by atoms with van der Waals surface area (Å²) in [5.74, 6) is 1.02. The standard InChI is InChI=1S/C13H20BrN3O2/c1-13(2,12(15)17-18)4-5-16-10-6-9(14)7-11(8-10)19-3/h6-8,16,18H,4-5H2,1-3H3,(H2,15,17). The van der Waals surface area contributed by atoms with Crippen LogP contribution in [0, 0.1) is 5.41 Å². The van der Waals surface area contributed by atoms with E-state index in [0.29, 0.717) is 6.54 Å². The van der Waals surface area contributed by atoms with Crippen LogP contribution >= 0.6 is 15.9 Å². The minimum Gasteiger partial charge on any atom is -0.497 e. The highest BCUT2D eigenvalue weighted by atomic mass is 79.9. The highest BCUT2D eigenvalue weighted by Crippen LogP contribution is 2.25. The molecule has 0 heterocycles. The summed E-state index contributed by atoms with van der Waals surface area (Å²) in [5.41, 5.74) is 6.26. The van der Waals surface area contributed by atoms with Crippen LogP contribution in [0.15, 0.2) is 27.8 Å². The summed E-state index contributed by atoms with van der Waals surface area (Å²) in [4.78, 5) is 0. The third-order valence-corrected chi connectivity index (χ3v) is 3.45. The van der Waals surface area contributed by atoms with Gasteiger partial charge in [-0.2, -0.15) is 0 Å². The van der Waals surface area contributed by atoms with Crippen LogP contribution in [0.25, 0.3) is 0 Å². The van der Waals surface area contributed by atoms with E-state index >= 15 is 0 Å². The van der Waals surface area contributed by atoms with Crippen molar-refractivity contribution in [1.29, 1.82) is 0 Å².